The Labute approximate surface area is 364 Å². The minimum atomic E-state index is 0.681. The molecule has 0 radical (unpaired) electrons. The standard InChI is InChI=1S/C8H16.7C7H14/c1-3-8(4-2)6-5-7-8;1-6-4-7(2,3)5-6;2*1-6-4-5-7(6,2)3;1-5-4-6(2)7(5)3;1-3-7-4-6(2)5-7;2*1-3-7-5-4-6(7)2/h3-7H2,1-2H3;3*6H,4-5H2,1-3H3;5-7H,4H2,1-3H3;3*6-7H,3-5H2,1-2H3/t;;6-;;5-,6?,7?;;6-,7?;/m..0.0.0./s1. The van der Waals surface area contributed by atoms with Crippen molar-refractivity contribution < 1.29 is 0 Å². The van der Waals surface area contributed by atoms with Crippen LogP contribution in [0.3, 0.4) is 0 Å². The lowest BCUT2D eigenvalue weighted by Gasteiger charge is -2.42. The molecule has 0 aromatic rings. The largest absolute Gasteiger partial charge is 0.0651 e. The second-order valence-electron chi connectivity index (χ2n) is 24.9. The monoisotopic (exact) mass is 799 g/mol. The van der Waals surface area contributed by atoms with Gasteiger partial charge in [0.05, 0.1) is 0 Å². The van der Waals surface area contributed by atoms with Gasteiger partial charge < -0.3 is 0 Å². The fourth-order valence-corrected chi connectivity index (χ4v) is 10.9. The SMILES string of the molecule is CC1CC(C)(C)C1.CC1CCC1(C)C.CC1C[C@H](C)C1C.CCC1(CC)CCC1.CCC1CC(C)C1.CCC1CCC1C.CCC1CC[C@@H]1C.C[C@H]1CCC1(C)C. The van der Waals surface area contributed by atoms with Crippen molar-refractivity contribution >= 4 is 0 Å². The molecule has 8 fully saturated rings. The zero-order valence-corrected chi connectivity index (χ0v) is 43.8. The van der Waals surface area contributed by atoms with E-state index in [0.717, 1.165) is 76.4 Å². The molecule has 0 amide bonds. The molecule has 57 heavy (non-hydrogen) atoms. The summed E-state index contributed by atoms with van der Waals surface area (Å²) in [5.74, 6) is 12.4. The molecule has 0 aliphatic heterocycles. The molecule has 0 nitrogen and oxygen atoms in total. The Kier molecular flexibility index (Phi) is 24.9. The van der Waals surface area contributed by atoms with E-state index in [9.17, 15) is 0 Å². The fraction of sp³-hybridized carbons (Fsp3) is 1.00. The third kappa shape index (κ3) is 19.3. The smallest absolute Gasteiger partial charge is 0.0303 e. The van der Waals surface area contributed by atoms with Crippen LogP contribution in [0.25, 0.3) is 0 Å². The first-order valence-corrected chi connectivity index (χ1v) is 26.4. The molecular formula is C57H114. The van der Waals surface area contributed by atoms with E-state index in [-0.39, 0.29) is 0 Å². The van der Waals surface area contributed by atoms with Crippen LogP contribution in [0.15, 0.2) is 0 Å². The van der Waals surface area contributed by atoms with E-state index < -0.39 is 0 Å². The normalized spacial score (nSPS) is 37.4. The van der Waals surface area contributed by atoms with Gasteiger partial charge in [0.25, 0.3) is 0 Å². The summed E-state index contributed by atoms with van der Waals surface area (Å²) in [4.78, 5) is 0. The van der Waals surface area contributed by atoms with Crippen molar-refractivity contribution in [2.45, 2.75) is 273 Å². The molecule has 6 unspecified atom stereocenters. The van der Waals surface area contributed by atoms with E-state index in [1.165, 1.54) is 135 Å². The average molecular weight is 800 g/mol. The maximum absolute atomic E-state index is 2.36. The van der Waals surface area contributed by atoms with Gasteiger partial charge >= 0.3 is 0 Å². The van der Waals surface area contributed by atoms with E-state index in [1.807, 2.05) is 0 Å². The summed E-state index contributed by atoms with van der Waals surface area (Å²) in [6, 6.07) is 0. The minimum absolute atomic E-state index is 0.681. The van der Waals surface area contributed by atoms with Gasteiger partial charge in [-0.25, -0.2) is 0 Å². The first kappa shape index (κ1) is 55.0. The molecule has 8 saturated carbocycles. The summed E-state index contributed by atoms with van der Waals surface area (Å²) >= 11 is 0. The zero-order chi connectivity index (χ0) is 43.8. The van der Waals surface area contributed by atoms with Crippen LogP contribution in [0.4, 0.5) is 0 Å². The van der Waals surface area contributed by atoms with Gasteiger partial charge in [0.2, 0.25) is 0 Å². The summed E-state index contributed by atoms with van der Waals surface area (Å²) in [5, 5.41) is 0. The first-order valence-electron chi connectivity index (χ1n) is 26.4. The molecule has 0 heterocycles. The molecule has 0 N–H and O–H groups in total. The second kappa shape index (κ2) is 25.8. The minimum Gasteiger partial charge on any atom is -0.0651 e. The molecule has 0 heteroatoms. The number of hydrogen-bond donors (Lipinski definition) is 0. The highest BCUT2D eigenvalue weighted by Crippen LogP contribution is 2.47. The predicted molar refractivity (Wildman–Crippen MR) is 262 cm³/mol. The molecular weight excluding hydrogens is 685 g/mol. The Morgan fingerprint density at radius 3 is 0.825 bits per heavy atom. The molecule has 8 aliphatic rings. The molecule has 0 aromatic heterocycles. The Bertz CT molecular complexity index is 926. The molecule has 0 aromatic carbocycles. The maximum Gasteiger partial charge on any atom is -0.0303 e. The van der Waals surface area contributed by atoms with Crippen molar-refractivity contribution in [3.8, 4) is 0 Å². The van der Waals surface area contributed by atoms with E-state index in [2.05, 4.69) is 138 Å². The Morgan fingerprint density at radius 1 is 0.421 bits per heavy atom. The molecule has 342 valence electrons. The molecule has 0 saturated heterocycles. The van der Waals surface area contributed by atoms with Gasteiger partial charge in [-0.3, -0.25) is 0 Å². The first-order chi connectivity index (χ1) is 26.4. The van der Waals surface area contributed by atoms with Crippen molar-refractivity contribution in [2.24, 2.45) is 92.7 Å². The quantitative estimate of drug-likeness (QED) is 0.260. The lowest BCUT2D eigenvalue weighted by atomic mass is 9.64. The Balaban J connectivity index is 0.000000326. The van der Waals surface area contributed by atoms with Crippen LogP contribution in [0.2, 0.25) is 0 Å². The average Bonchev–Trinajstić information content (AvgIpc) is 3.12. The van der Waals surface area contributed by atoms with Gasteiger partial charge in [-0.15, -0.1) is 0 Å². The molecule has 0 bridgehead atoms. The lowest BCUT2D eigenvalue weighted by molar-refractivity contribution is 0.0891. The lowest BCUT2D eigenvalue weighted by Crippen LogP contribution is -2.31. The number of hydrogen-bond acceptors (Lipinski definition) is 0. The summed E-state index contributed by atoms with van der Waals surface area (Å²) in [6.45, 7) is 46.7. The fourth-order valence-electron chi connectivity index (χ4n) is 10.9. The van der Waals surface area contributed by atoms with Gasteiger partial charge in [-0.05, 0) is 176 Å². The van der Waals surface area contributed by atoms with Gasteiger partial charge in [-0.1, -0.05) is 190 Å². The third-order valence-corrected chi connectivity index (χ3v) is 19.1. The molecule has 0 spiro atoms. The molecule has 8 aliphatic carbocycles. The van der Waals surface area contributed by atoms with Crippen LogP contribution in [-0.4, -0.2) is 0 Å². The van der Waals surface area contributed by atoms with Gasteiger partial charge in [0, 0.05) is 0 Å². The highest BCUT2D eigenvalue weighted by atomic mass is 14.4. The highest BCUT2D eigenvalue weighted by molar-refractivity contribution is 4.87. The highest BCUT2D eigenvalue weighted by Gasteiger charge is 2.36. The summed E-state index contributed by atoms with van der Waals surface area (Å²) in [5.41, 5.74) is 2.86. The van der Waals surface area contributed by atoms with E-state index in [1.54, 1.807) is 0 Å². The van der Waals surface area contributed by atoms with Crippen molar-refractivity contribution in [1.29, 1.82) is 0 Å². The molecule has 9 atom stereocenters. The van der Waals surface area contributed by atoms with Crippen LogP contribution in [0.1, 0.15) is 273 Å². The van der Waals surface area contributed by atoms with Gasteiger partial charge in [0.1, 0.15) is 0 Å². The third-order valence-electron chi connectivity index (χ3n) is 19.1. The van der Waals surface area contributed by atoms with E-state index in [0.29, 0.717) is 16.2 Å². The van der Waals surface area contributed by atoms with Crippen molar-refractivity contribution in [3.05, 3.63) is 0 Å². The van der Waals surface area contributed by atoms with Gasteiger partial charge in [-0.2, -0.15) is 0 Å². The summed E-state index contributed by atoms with van der Waals surface area (Å²) < 4.78 is 0. The van der Waals surface area contributed by atoms with Crippen LogP contribution >= 0.6 is 0 Å². The maximum atomic E-state index is 2.36. The van der Waals surface area contributed by atoms with Crippen molar-refractivity contribution in [2.75, 3.05) is 0 Å². The van der Waals surface area contributed by atoms with E-state index in [4.69, 9.17) is 0 Å². The van der Waals surface area contributed by atoms with Gasteiger partial charge in [0.15, 0.2) is 0 Å². The predicted octanol–water partition coefficient (Wildman–Crippen LogP) is 19.9. The number of rotatable bonds is 5. The zero-order valence-electron chi connectivity index (χ0n) is 43.8. The topological polar surface area (TPSA) is 0 Å². The Hall–Kier alpha value is 0. The Morgan fingerprint density at radius 2 is 0.807 bits per heavy atom. The van der Waals surface area contributed by atoms with Crippen LogP contribution in [0, 0.1) is 92.7 Å². The van der Waals surface area contributed by atoms with Crippen molar-refractivity contribution in [3.63, 3.8) is 0 Å². The second-order valence-corrected chi connectivity index (χ2v) is 24.9. The summed E-state index contributed by atoms with van der Waals surface area (Å²) in [7, 11) is 0. The van der Waals surface area contributed by atoms with Crippen LogP contribution in [0.5, 0.6) is 0 Å². The van der Waals surface area contributed by atoms with E-state index >= 15 is 0 Å². The van der Waals surface area contributed by atoms with Crippen molar-refractivity contribution in [1.82, 2.24) is 0 Å². The van der Waals surface area contributed by atoms with Crippen LogP contribution in [-0.2, 0) is 0 Å². The molecule has 8 rings (SSSR count). The summed E-state index contributed by atoms with van der Waals surface area (Å²) in [6.07, 6.45) is 30.6. The van der Waals surface area contributed by atoms with Crippen LogP contribution < -0.4 is 0 Å².